The summed E-state index contributed by atoms with van der Waals surface area (Å²) in [6.45, 7) is 4.84. The van der Waals surface area contributed by atoms with Gasteiger partial charge < -0.3 is 10.0 Å². The number of aliphatic hydroxyl groups is 1. The fraction of sp³-hybridized carbons (Fsp3) is 0.455. The number of benzene rings is 1. The Morgan fingerprint density at radius 3 is 2.54 bits per heavy atom. The molecule has 2 nitrogen and oxygen atoms in total. The highest BCUT2D eigenvalue weighted by Crippen LogP contribution is 2.24. The summed E-state index contributed by atoms with van der Waals surface area (Å²) in [7, 11) is 2.03. The molecule has 0 spiro atoms. The minimum atomic E-state index is -0.398. The minimum Gasteiger partial charge on any atom is -0.389 e. The molecule has 1 N–H and O–H groups in total. The van der Waals surface area contributed by atoms with Gasteiger partial charge in [-0.3, -0.25) is 0 Å². The van der Waals surface area contributed by atoms with Gasteiger partial charge in [-0.1, -0.05) is 18.2 Å². The van der Waals surface area contributed by atoms with Crippen molar-refractivity contribution in [2.24, 2.45) is 0 Å². The van der Waals surface area contributed by atoms with Crippen LogP contribution in [0.25, 0.3) is 0 Å². The first-order chi connectivity index (χ1) is 6.16. The summed E-state index contributed by atoms with van der Waals surface area (Å²) in [6.07, 6.45) is -0.398. The molecule has 0 aliphatic heterocycles. The molecule has 0 radical (unpaired) electrons. The van der Waals surface area contributed by atoms with Crippen LogP contribution >= 0.6 is 0 Å². The van der Waals surface area contributed by atoms with E-state index >= 15 is 0 Å². The van der Waals surface area contributed by atoms with E-state index in [2.05, 4.69) is 11.8 Å². The van der Waals surface area contributed by atoms with Crippen LogP contribution in [-0.4, -0.2) is 18.7 Å². The second-order valence-electron chi connectivity index (χ2n) is 3.25. The Morgan fingerprint density at radius 1 is 1.38 bits per heavy atom. The second-order valence-corrected chi connectivity index (χ2v) is 3.25. The zero-order valence-corrected chi connectivity index (χ0v) is 8.49. The van der Waals surface area contributed by atoms with Gasteiger partial charge >= 0.3 is 0 Å². The molecule has 72 valence electrons. The van der Waals surface area contributed by atoms with Crippen LogP contribution in [0.5, 0.6) is 0 Å². The monoisotopic (exact) mass is 179 g/mol. The molecule has 2 heteroatoms. The first kappa shape index (κ1) is 10.1. The summed E-state index contributed by atoms with van der Waals surface area (Å²) in [6, 6.07) is 7.94. The quantitative estimate of drug-likeness (QED) is 0.769. The van der Waals surface area contributed by atoms with Crippen LogP contribution in [0.2, 0.25) is 0 Å². The van der Waals surface area contributed by atoms with Crippen LogP contribution in [0.3, 0.4) is 0 Å². The zero-order valence-electron chi connectivity index (χ0n) is 8.49. The van der Waals surface area contributed by atoms with Crippen molar-refractivity contribution < 1.29 is 5.11 Å². The summed E-state index contributed by atoms with van der Waals surface area (Å²) >= 11 is 0. The molecule has 1 atom stereocenters. The minimum absolute atomic E-state index is 0.398. The molecular weight excluding hydrogens is 162 g/mol. The van der Waals surface area contributed by atoms with Crippen molar-refractivity contribution in [1.29, 1.82) is 0 Å². The van der Waals surface area contributed by atoms with E-state index in [1.165, 1.54) is 0 Å². The third kappa shape index (κ3) is 2.22. The van der Waals surface area contributed by atoms with Crippen molar-refractivity contribution in [3.63, 3.8) is 0 Å². The molecule has 0 heterocycles. The maximum Gasteiger partial charge on any atom is 0.0781 e. The average Bonchev–Trinajstić information content (AvgIpc) is 2.16. The molecule has 1 rings (SSSR count). The molecule has 0 aliphatic carbocycles. The van der Waals surface area contributed by atoms with E-state index < -0.39 is 6.10 Å². The third-order valence-electron chi connectivity index (χ3n) is 2.27. The molecule has 0 saturated heterocycles. The van der Waals surface area contributed by atoms with E-state index in [4.69, 9.17) is 0 Å². The number of hydrogen-bond acceptors (Lipinski definition) is 2. The standard InChI is InChI=1S/C11H17NO/c1-4-12(3)11-8-6-5-7-10(11)9(2)13/h5-9,13H,4H2,1-3H3/t9-/m0/s1. The van der Waals surface area contributed by atoms with Gasteiger partial charge in [0.2, 0.25) is 0 Å². The number of para-hydroxylation sites is 1. The van der Waals surface area contributed by atoms with Gasteiger partial charge in [-0.2, -0.15) is 0 Å². The lowest BCUT2D eigenvalue weighted by Crippen LogP contribution is -2.18. The van der Waals surface area contributed by atoms with Crippen molar-refractivity contribution in [1.82, 2.24) is 0 Å². The highest BCUT2D eigenvalue weighted by molar-refractivity contribution is 5.53. The Morgan fingerprint density at radius 2 is 2.00 bits per heavy atom. The summed E-state index contributed by atoms with van der Waals surface area (Å²) in [4.78, 5) is 2.13. The van der Waals surface area contributed by atoms with Crippen LogP contribution in [0.15, 0.2) is 24.3 Å². The maximum absolute atomic E-state index is 9.52. The van der Waals surface area contributed by atoms with Crippen molar-refractivity contribution in [2.45, 2.75) is 20.0 Å². The molecular formula is C11H17NO. The molecule has 0 unspecified atom stereocenters. The molecule has 0 saturated carbocycles. The number of rotatable bonds is 3. The number of nitrogens with zero attached hydrogens (tertiary/aromatic N) is 1. The van der Waals surface area contributed by atoms with Crippen molar-refractivity contribution in [3.05, 3.63) is 29.8 Å². The van der Waals surface area contributed by atoms with E-state index in [1.54, 1.807) is 6.92 Å². The Hall–Kier alpha value is -1.02. The first-order valence-electron chi connectivity index (χ1n) is 4.65. The zero-order chi connectivity index (χ0) is 9.84. The van der Waals surface area contributed by atoms with Gasteiger partial charge in [0.15, 0.2) is 0 Å². The fourth-order valence-electron chi connectivity index (χ4n) is 1.36. The van der Waals surface area contributed by atoms with Gasteiger partial charge in [0.05, 0.1) is 6.10 Å². The van der Waals surface area contributed by atoms with E-state index in [-0.39, 0.29) is 0 Å². The van der Waals surface area contributed by atoms with Gasteiger partial charge in [0.1, 0.15) is 0 Å². The van der Waals surface area contributed by atoms with Crippen LogP contribution < -0.4 is 4.90 Å². The molecule has 13 heavy (non-hydrogen) atoms. The Bertz CT molecular complexity index is 271. The van der Waals surface area contributed by atoms with Crippen LogP contribution in [0.4, 0.5) is 5.69 Å². The molecule has 0 aliphatic rings. The predicted octanol–water partition coefficient (Wildman–Crippen LogP) is 2.20. The summed E-state index contributed by atoms with van der Waals surface area (Å²) in [5.41, 5.74) is 2.10. The number of aliphatic hydroxyl groups excluding tert-OH is 1. The normalized spacial score (nSPS) is 12.6. The fourth-order valence-corrected chi connectivity index (χ4v) is 1.36. The van der Waals surface area contributed by atoms with Gasteiger partial charge in [-0.15, -0.1) is 0 Å². The maximum atomic E-state index is 9.52. The Labute approximate surface area is 79.8 Å². The van der Waals surface area contributed by atoms with Crippen LogP contribution in [0, 0.1) is 0 Å². The highest BCUT2D eigenvalue weighted by atomic mass is 16.3. The Balaban J connectivity index is 3.04. The molecule has 0 fully saturated rings. The first-order valence-corrected chi connectivity index (χ1v) is 4.65. The average molecular weight is 179 g/mol. The summed E-state index contributed by atoms with van der Waals surface area (Å²) in [5, 5.41) is 9.52. The van der Waals surface area contributed by atoms with Crippen molar-refractivity contribution in [3.8, 4) is 0 Å². The van der Waals surface area contributed by atoms with Crippen LogP contribution in [-0.2, 0) is 0 Å². The second kappa shape index (κ2) is 4.28. The SMILES string of the molecule is CCN(C)c1ccccc1[C@H](C)O. The summed E-state index contributed by atoms with van der Waals surface area (Å²) < 4.78 is 0. The molecule has 0 amide bonds. The number of hydrogen-bond donors (Lipinski definition) is 1. The van der Waals surface area contributed by atoms with Gasteiger partial charge in [-0.25, -0.2) is 0 Å². The largest absolute Gasteiger partial charge is 0.389 e. The van der Waals surface area contributed by atoms with E-state index in [1.807, 2.05) is 31.3 Å². The van der Waals surface area contributed by atoms with Gasteiger partial charge in [0, 0.05) is 24.8 Å². The van der Waals surface area contributed by atoms with E-state index in [0.717, 1.165) is 17.8 Å². The van der Waals surface area contributed by atoms with Crippen molar-refractivity contribution >= 4 is 5.69 Å². The van der Waals surface area contributed by atoms with Gasteiger partial charge in [-0.05, 0) is 19.9 Å². The Kier molecular flexibility index (Phi) is 3.32. The lowest BCUT2D eigenvalue weighted by molar-refractivity contribution is 0.199. The van der Waals surface area contributed by atoms with E-state index in [9.17, 15) is 5.11 Å². The van der Waals surface area contributed by atoms with Crippen molar-refractivity contribution in [2.75, 3.05) is 18.5 Å². The smallest absolute Gasteiger partial charge is 0.0781 e. The predicted molar refractivity (Wildman–Crippen MR) is 56.0 cm³/mol. The lowest BCUT2D eigenvalue weighted by Gasteiger charge is -2.21. The van der Waals surface area contributed by atoms with Crippen LogP contribution in [0.1, 0.15) is 25.5 Å². The molecule has 0 aromatic heterocycles. The molecule has 1 aromatic carbocycles. The topological polar surface area (TPSA) is 23.5 Å². The third-order valence-corrected chi connectivity index (χ3v) is 2.27. The number of anilines is 1. The van der Waals surface area contributed by atoms with Gasteiger partial charge in [0.25, 0.3) is 0 Å². The molecule has 1 aromatic rings. The molecule has 0 bridgehead atoms. The highest BCUT2D eigenvalue weighted by Gasteiger charge is 2.08. The lowest BCUT2D eigenvalue weighted by atomic mass is 10.1. The van der Waals surface area contributed by atoms with E-state index in [0.29, 0.717) is 0 Å². The summed E-state index contributed by atoms with van der Waals surface area (Å²) in [5.74, 6) is 0.